The molecule has 6 rings (SSSR count). The molecule has 3 heterocycles. The van der Waals surface area contributed by atoms with Gasteiger partial charge in [0.1, 0.15) is 11.7 Å². The standard InChI is InChI=1S/C28H27N7O4/c1-16-26(36)35(20-5-3-4-17(12-20)14-29)23-15-30-27(31-18-6-11-22-24(13-18)39-28(37)32-22)33-25(23)34(16)19-7-9-21(38-2)10-8-19/h3-6,11-13,15-16,19,21H,7-10H2,1-2H3,(H,32,37)(H,30,31,33)/t16-,19-,21+/m1/s1. The highest BCUT2D eigenvalue weighted by molar-refractivity contribution is 6.10. The molecule has 1 aliphatic heterocycles. The number of benzene rings is 2. The summed E-state index contributed by atoms with van der Waals surface area (Å²) in [5, 5.41) is 12.6. The van der Waals surface area contributed by atoms with Gasteiger partial charge in [-0.3, -0.25) is 14.7 Å². The minimum absolute atomic E-state index is 0.106. The third-order valence-corrected chi connectivity index (χ3v) is 7.51. The number of nitrogens with one attached hydrogen (secondary N) is 2. The number of anilines is 5. The number of hydrogen-bond donors (Lipinski definition) is 2. The Labute approximate surface area is 224 Å². The Hall–Kier alpha value is -4.69. The van der Waals surface area contributed by atoms with E-state index in [0.717, 1.165) is 25.7 Å². The van der Waals surface area contributed by atoms with Crippen molar-refractivity contribution in [2.45, 2.75) is 50.8 Å². The topological polar surface area (TPSA) is 140 Å². The van der Waals surface area contributed by atoms with Crippen molar-refractivity contribution in [2.24, 2.45) is 0 Å². The lowest BCUT2D eigenvalue weighted by Crippen LogP contribution is -2.55. The highest BCUT2D eigenvalue weighted by Crippen LogP contribution is 2.43. The molecule has 0 radical (unpaired) electrons. The van der Waals surface area contributed by atoms with Gasteiger partial charge in [0, 0.05) is 24.9 Å². The molecular formula is C28H27N7O4. The number of carbonyl (C=O) groups excluding carboxylic acids is 1. The van der Waals surface area contributed by atoms with Crippen molar-refractivity contribution in [1.29, 1.82) is 5.26 Å². The van der Waals surface area contributed by atoms with Gasteiger partial charge in [-0.1, -0.05) is 6.07 Å². The van der Waals surface area contributed by atoms with Crippen LogP contribution in [0.5, 0.6) is 0 Å². The SMILES string of the molecule is CO[C@H]1CC[C@@H](N2c3nc(Nc4ccc5[nH]c(=O)oc5c4)ncc3N(c3cccc(C#N)c3)C(=O)[C@H]2C)CC1. The molecule has 0 spiro atoms. The van der Waals surface area contributed by atoms with Gasteiger partial charge in [0.25, 0.3) is 5.91 Å². The van der Waals surface area contributed by atoms with E-state index in [1.807, 2.05) is 6.92 Å². The minimum Gasteiger partial charge on any atom is -0.408 e. The number of fused-ring (bicyclic) bond motifs is 2. The Bertz CT molecular complexity index is 1650. The van der Waals surface area contributed by atoms with E-state index in [4.69, 9.17) is 14.1 Å². The van der Waals surface area contributed by atoms with Gasteiger partial charge in [-0.15, -0.1) is 0 Å². The van der Waals surface area contributed by atoms with Gasteiger partial charge >= 0.3 is 5.76 Å². The first-order chi connectivity index (χ1) is 18.9. The second-order valence-electron chi connectivity index (χ2n) is 9.84. The fourth-order valence-electron chi connectivity index (χ4n) is 5.56. The largest absolute Gasteiger partial charge is 0.417 e. The summed E-state index contributed by atoms with van der Waals surface area (Å²) >= 11 is 0. The first-order valence-electron chi connectivity index (χ1n) is 12.9. The molecule has 0 bridgehead atoms. The number of hydrogen-bond acceptors (Lipinski definition) is 9. The highest BCUT2D eigenvalue weighted by atomic mass is 16.5. The second-order valence-corrected chi connectivity index (χ2v) is 9.84. The molecule has 2 N–H and O–H groups in total. The molecule has 1 aliphatic carbocycles. The Morgan fingerprint density at radius 3 is 2.74 bits per heavy atom. The maximum atomic E-state index is 13.8. The van der Waals surface area contributed by atoms with Crippen LogP contribution in [0.3, 0.4) is 0 Å². The lowest BCUT2D eigenvalue weighted by atomic mass is 9.90. The third-order valence-electron chi connectivity index (χ3n) is 7.51. The molecule has 198 valence electrons. The van der Waals surface area contributed by atoms with Crippen LogP contribution >= 0.6 is 0 Å². The summed E-state index contributed by atoms with van der Waals surface area (Å²) in [5.74, 6) is 0.347. The van der Waals surface area contributed by atoms with Crippen LogP contribution < -0.4 is 20.9 Å². The molecule has 11 nitrogen and oxygen atoms in total. The molecule has 39 heavy (non-hydrogen) atoms. The summed E-state index contributed by atoms with van der Waals surface area (Å²) in [6, 6.07) is 14.0. The van der Waals surface area contributed by atoms with E-state index >= 15 is 0 Å². The van der Waals surface area contributed by atoms with Crippen molar-refractivity contribution in [1.82, 2.24) is 15.0 Å². The van der Waals surface area contributed by atoms with Crippen molar-refractivity contribution in [3.05, 3.63) is 64.8 Å². The summed E-state index contributed by atoms with van der Waals surface area (Å²) in [7, 11) is 1.74. The number of nitriles is 1. The number of H-pyrrole nitrogens is 1. The minimum atomic E-state index is -0.523. The van der Waals surface area contributed by atoms with E-state index in [9.17, 15) is 14.9 Å². The van der Waals surface area contributed by atoms with Gasteiger partial charge in [0.05, 0.1) is 35.1 Å². The zero-order valence-electron chi connectivity index (χ0n) is 21.5. The Balaban J connectivity index is 1.42. The van der Waals surface area contributed by atoms with Crippen LogP contribution in [0.1, 0.15) is 38.2 Å². The molecule has 1 amide bonds. The molecule has 2 aromatic heterocycles. The number of rotatable bonds is 5. The molecule has 0 saturated heterocycles. The van der Waals surface area contributed by atoms with Gasteiger partial charge in [-0.2, -0.15) is 10.2 Å². The van der Waals surface area contributed by atoms with Gasteiger partial charge < -0.3 is 19.4 Å². The number of ether oxygens (including phenoxy) is 1. The predicted octanol–water partition coefficient (Wildman–Crippen LogP) is 4.36. The average molecular weight is 526 g/mol. The lowest BCUT2D eigenvalue weighted by molar-refractivity contribution is -0.119. The molecule has 0 unspecified atom stereocenters. The monoisotopic (exact) mass is 525 g/mol. The normalized spacial score (nSPS) is 21.1. The van der Waals surface area contributed by atoms with Gasteiger partial charge in [-0.05, 0) is 62.9 Å². The molecule has 4 aromatic rings. The van der Waals surface area contributed by atoms with E-state index in [0.29, 0.717) is 45.5 Å². The Morgan fingerprint density at radius 1 is 1.15 bits per heavy atom. The second kappa shape index (κ2) is 9.89. The first kappa shape index (κ1) is 24.6. The van der Waals surface area contributed by atoms with Crippen molar-refractivity contribution < 1.29 is 13.9 Å². The van der Waals surface area contributed by atoms with Gasteiger partial charge in [0.15, 0.2) is 11.4 Å². The summed E-state index contributed by atoms with van der Waals surface area (Å²) < 4.78 is 10.8. The van der Waals surface area contributed by atoms with E-state index in [1.165, 1.54) is 0 Å². The molecule has 1 saturated carbocycles. The van der Waals surface area contributed by atoms with Crippen molar-refractivity contribution in [2.75, 3.05) is 22.2 Å². The van der Waals surface area contributed by atoms with Crippen LogP contribution in [-0.4, -0.2) is 46.2 Å². The van der Waals surface area contributed by atoms with Crippen LogP contribution in [0, 0.1) is 11.3 Å². The highest BCUT2D eigenvalue weighted by Gasteiger charge is 2.42. The molecule has 1 fully saturated rings. The molecular weight excluding hydrogens is 498 g/mol. The number of methoxy groups -OCH3 is 1. The average Bonchev–Trinajstić information content (AvgIpc) is 3.33. The van der Waals surface area contributed by atoms with Crippen LogP contribution in [0.15, 0.2) is 57.9 Å². The third kappa shape index (κ3) is 4.49. The van der Waals surface area contributed by atoms with E-state index in [-0.39, 0.29) is 18.1 Å². The van der Waals surface area contributed by atoms with Crippen LogP contribution in [0.2, 0.25) is 0 Å². The quantitative estimate of drug-likeness (QED) is 0.389. The molecule has 1 atom stereocenters. The smallest absolute Gasteiger partial charge is 0.408 e. The van der Waals surface area contributed by atoms with Crippen LogP contribution in [0.25, 0.3) is 11.1 Å². The van der Waals surface area contributed by atoms with Crippen molar-refractivity contribution >= 4 is 45.8 Å². The zero-order chi connectivity index (χ0) is 27.1. The number of amides is 1. The summed E-state index contributed by atoms with van der Waals surface area (Å²) in [6.07, 6.45) is 5.40. The summed E-state index contributed by atoms with van der Waals surface area (Å²) in [6.45, 7) is 1.89. The van der Waals surface area contributed by atoms with E-state index in [1.54, 1.807) is 60.7 Å². The predicted molar refractivity (Wildman–Crippen MR) is 145 cm³/mol. The maximum Gasteiger partial charge on any atom is 0.417 e. The maximum absolute atomic E-state index is 13.8. The number of oxazole rings is 1. The summed E-state index contributed by atoms with van der Waals surface area (Å²) in [4.78, 5) is 41.2. The van der Waals surface area contributed by atoms with Gasteiger partial charge in [0.2, 0.25) is 5.95 Å². The van der Waals surface area contributed by atoms with E-state index < -0.39 is 11.8 Å². The molecule has 2 aromatic carbocycles. The van der Waals surface area contributed by atoms with Crippen LogP contribution in [-0.2, 0) is 9.53 Å². The molecule has 2 aliphatic rings. The van der Waals surface area contributed by atoms with Gasteiger partial charge in [-0.25, -0.2) is 9.78 Å². The number of aromatic amines is 1. The van der Waals surface area contributed by atoms with Crippen LogP contribution in [0.4, 0.5) is 28.8 Å². The number of aromatic nitrogens is 3. The van der Waals surface area contributed by atoms with Crippen molar-refractivity contribution in [3.8, 4) is 6.07 Å². The Kier molecular flexibility index (Phi) is 6.24. The lowest BCUT2D eigenvalue weighted by Gasteiger charge is -2.46. The Morgan fingerprint density at radius 2 is 1.97 bits per heavy atom. The fraction of sp³-hybridized carbons (Fsp3) is 0.321. The van der Waals surface area contributed by atoms with Crippen molar-refractivity contribution in [3.63, 3.8) is 0 Å². The zero-order valence-corrected chi connectivity index (χ0v) is 21.5. The number of nitrogens with zero attached hydrogens (tertiary/aromatic N) is 5. The first-order valence-corrected chi connectivity index (χ1v) is 12.9. The number of carbonyl (C=O) groups is 1. The molecule has 11 heteroatoms. The fourth-order valence-corrected chi connectivity index (χ4v) is 5.56. The van der Waals surface area contributed by atoms with E-state index in [2.05, 4.69) is 26.3 Å². The summed E-state index contributed by atoms with van der Waals surface area (Å²) in [5.41, 5.74) is 3.27.